The number of nitrogens with one attached hydrogen (secondary N) is 1. The van der Waals surface area contributed by atoms with E-state index in [-0.39, 0.29) is 17.2 Å². The largest absolute Gasteiger partial charge is 0.497 e. The van der Waals surface area contributed by atoms with Crippen molar-refractivity contribution in [2.75, 3.05) is 14.2 Å². The molecule has 3 aromatic rings. The summed E-state index contributed by atoms with van der Waals surface area (Å²) in [6.45, 7) is 1.92. The van der Waals surface area contributed by atoms with Gasteiger partial charge in [0, 0.05) is 4.90 Å². The van der Waals surface area contributed by atoms with Crippen LogP contribution in [0, 0.1) is 0 Å². The molecule has 3 rings (SSSR count). The fourth-order valence-corrected chi connectivity index (χ4v) is 3.85. The maximum atomic E-state index is 13.0. The molecule has 0 fully saturated rings. The third kappa shape index (κ3) is 5.55. The van der Waals surface area contributed by atoms with Crippen LogP contribution in [0.3, 0.4) is 0 Å². The number of carbonyl (C=O) groups excluding carboxylic acids is 1. The monoisotopic (exact) mass is 407 g/mol. The molecular weight excluding hydrogens is 382 g/mol. The summed E-state index contributed by atoms with van der Waals surface area (Å²) in [6.07, 6.45) is 0. The Labute approximate surface area is 176 Å². The first kappa shape index (κ1) is 20.8. The molecule has 5 heteroatoms. The zero-order valence-electron chi connectivity index (χ0n) is 16.8. The third-order valence-electron chi connectivity index (χ3n) is 4.61. The van der Waals surface area contributed by atoms with E-state index in [1.807, 2.05) is 85.8 Å². The van der Waals surface area contributed by atoms with Crippen molar-refractivity contribution < 1.29 is 14.3 Å². The van der Waals surface area contributed by atoms with Crippen LogP contribution >= 0.6 is 11.8 Å². The fourth-order valence-electron chi connectivity index (χ4n) is 2.97. The van der Waals surface area contributed by atoms with Crippen LogP contribution in [-0.2, 0) is 4.79 Å². The molecule has 0 heterocycles. The Balaban J connectivity index is 1.76. The highest BCUT2D eigenvalue weighted by Gasteiger charge is 2.21. The molecule has 0 bridgehead atoms. The van der Waals surface area contributed by atoms with Gasteiger partial charge in [-0.15, -0.1) is 11.8 Å². The van der Waals surface area contributed by atoms with Crippen molar-refractivity contribution in [1.29, 1.82) is 0 Å². The van der Waals surface area contributed by atoms with Gasteiger partial charge in [0.1, 0.15) is 11.5 Å². The second kappa shape index (κ2) is 10.0. The van der Waals surface area contributed by atoms with Gasteiger partial charge < -0.3 is 14.8 Å². The maximum absolute atomic E-state index is 13.0. The Morgan fingerprint density at radius 2 is 1.31 bits per heavy atom. The summed E-state index contributed by atoms with van der Waals surface area (Å²) in [6, 6.07) is 25.3. The summed E-state index contributed by atoms with van der Waals surface area (Å²) < 4.78 is 10.4. The molecule has 29 heavy (non-hydrogen) atoms. The number of methoxy groups -OCH3 is 2. The molecule has 1 N–H and O–H groups in total. The van der Waals surface area contributed by atoms with Crippen LogP contribution in [0.5, 0.6) is 11.5 Å². The minimum atomic E-state index is -0.243. The first-order valence-electron chi connectivity index (χ1n) is 9.40. The molecule has 3 aromatic carbocycles. The van der Waals surface area contributed by atoms with Crippen LogP contribution in [0.2, 0.25) is 0 Å². The molecule has 1 amide bonds. The highest BCUT2D eigenvalue weighted by Crippen LogP contribution is 2.28. The summed E-state index contributed by atoms with van der Waals surface area (Å²) in [4.78, 5) is 14.0. The second-order valence-electron chi connectivity index (χ2n) is 6.56. The number of amides is 1. The van der Waals surface area contributed by atoms with Gasteiger partial charge in [-0.1, -0.05) is 42.5 Å². The van der Waals surface area contributed by atoms with E-state index < -0.39 is 0 Å². The molecule has 0 aromatic heterocycles. The minimum absolute atomic E-state index is 0.0181. The van der Waals surface area contributed by atoms with Gasteiger partial charge in [-0.2, -0.15) is 0 Å². The summed E-state index contributed by atoms with van der Waals surface area (Å²) in [5.74, 6) is 1.57. The lowest BCUT2D eigenvalue weighted by atomic mass is 9.98. The van der Waals surface area contributed by atoms with Crippen molar-refractivity contribution in [3.05, 3.63) is 90.0 Å². The smallest absolute Gasteiger partial charge is 0.233 e. The molecule has 0 saturated heterocycles. The number of benzene rings is 3. The molecule has 0 saturated carbocycles. The molecule has 2 unspecified atom stereocenters. The van der Waals surface area contributed by atoms with Crippen molar-refractivity contribution in [1.82, 2.24) is 5.32 Å². The van der Waals surface area contributed by atoms with E-state index in [1.54, 1.807) is 14.2 Å². The van der Waals surface area contributed by atoms with Crippen molar-refractivity contribution in [3.8, 4) is 11.5 Å². The molecule has 4 nitrogen and oxygen atoms in total. The van der Waals surface area contributed by atoms with Crippen LogP contribution in [0.25, 0.3) is 0 Å². The first-order valence-corrected chi connectivity index (χ1v) is 10.3. The van der Waals surface area contributed by atoms with Crippen molar-refractivity contribution in [3.63, 3.8) is 0 Å². The summed E-state index contributed by atoms with van der Waals surface area (Å²) in [7, 11) is 3.28. The average molecular weight is 408 g/mol. The number of thioether (sulfide) groups is 1. The molecule has 0 aliphatic rings. The van der Waals surface area contributed by atoms with E-state index >= 15 is 0 Å². The molecule has 2 atom stereocenters. The van der Waals surface area contributed by atoms with E-state index in [2.05, 4.69) is 5.32 Å². The Morgan fingerprint density at radius 3 is 1.86 bits per heavy atom. The predicted octanol–water partition coefficient (Wildman–Crippen LogP) is 5.09. The van der Waals surface area contributed by atoms with Gasteiger partial charge in [-0.3, -0.25) is 4.79 Å². The lowest BCUT2D eigenvalue weighted by Gasteiger charge is -2.22. The number of hydrogen-bond donors (Lipinski definition) is 1. The van der Waals surface area contributed by atoms with Crippen molar-refractivity contribution in [2.45, 2.75) is 23.1 Å². The molecule has 0 aliphatic heterocycles. The zero-order valence-corrected chi connectivity index (χ0v) is 17.6. The second-order valence-corrected chi connectivity index (χ2v) is 7.98. The van der Waals surface area contributed by atoms with Crippen LogP contribution in [-0.4, -0.2) is 25.4 Å². The Morgan fingerprint density at radius 1 is 0.793 bits per heavy atom. The van der Waals surface area contributed by atoms with Gasteiger partial charge in [-0.05, 0) is 54.4 Å². The van der Waals surface area contributed by atoms with Gasteiger partial charge in [0.2, 0.25) is 5.91 Å². The van der Waals surface area contributed by atoms with E-state index in [1.165, 1.54) is 11.8 Å². The minimum Gasteiger partial charge on any atom is -0.497 e. The lowest BCUT2D eigenvalue weighted by molar-refractivity contribution is -0.120. The number of ether oxygens (including phenoxy) is 2. The SMILES string of the molecule is COc1ccc(SC(C)C(=O)NC(c2ccccc2)c2ccc(OC)cc2)cc1. The van der Waals surface area contributed by atoms with Gasteiger partial charge in [0.25, 0.3) is 0 Å². The topological polar surface area (TPSA) is 47.6 Å². The Bertz CT molecular complexity index is 911. The normalized spacial score (nSPS) is 12.7. The van der Waals surface area contributed by atoms with E-state index in [0.29, 0.717) is 0 Å². The Kier molecular flexibility index (Phi) is 7.19. The van der Waals surface area contributed by atoms with Crippen LogP contribution in [0.4, 0.5) is 0 Å². The Hall–Kier alpha value is -2.92. The fraction of sp³-hybridized carbons (Fsp3) is 0.208. The van der Waals surface area contributed by atoms with E-state index in [4.69, 9.17) is 9.47 Å². The van der Waals surface area contributed by atoms with Gasteiger partial charge in [0.05, 0.1) is 25.5 Å². The number of hydrogen-bond acceptors (Lipinski definition) is 4. The first-order chi connectivity index (χ1) is 14.1. The van der Waals surface area contributed by atoms with Crippen molar-refractivity contribution >= 4 is 17.7 Å². The number of rotatable bonds is 8. The quantitative estimate of drug-likeness (QED) is 0.529. The van der Waals surface area contributed by atoms with Gasteiger partial charge in [0.15, 0.2) is 0 Å². The molecule has 0 aliphatic carbocycles. The summed E-state index contributed by atoms with van der Waals surface area (Å²) >= 11 is 1.52. The van der Waals surface area contributed by atoms with Crippen molar-refractivity contribution in [2.24, 2.45) is 0 Å². The molecule has 150 valence electrons. The van der Waals surface area contributed by atoms with Crippen LogP contribution < -0.4 is 14.8 Å². The highest BCUT2D eigenvalue weighted by molar-refractivity contribution is 8.00. The zero-order chi connectivity index (χ0) is 20.6. The van der Waals surface area contributed by atoms with Crippen LogP contribution in [0.15, 0.2) is 83.8 Å². The third-order valence-corrected chi connectivity index (χ3v) is 5.72. The van der Waals surface area contributed by atoms with Gasteiger partial charge >= 0.3 is 0 Å². The number of carbonyl (C=O) groups is 1. The highest BCUT2D eigenvalue weighted by atomic mass is 32.2. The summed E-state index contributed by atoms with van der Waals surface area (Å²) in [5, 5.41) is 2.96. The van der Waals surface area contributed by atoms with E-state index in [9.17, 15) is 4.79 Å². The van der Waals surface area contributed by atoms with Gasteiger partial charge in [-0.25, -0.2) is 0 Å². The van der Waals surface area contributed by atoms with E-state index in [0.717, 1.165) is 27.5 Å². The average Bonchev–Trinajstić information content (AvgIpc) is 2.78. The predicted molar refractivity (Wildman–Crippen MR) is 118 cm³/mol. The summed E-state index contributed by atoms with van der Waals surface area (Å²) in [5.41, 5.74) is 2.04. The molecule has 0 radical (unpaired) electrons. The lowest BCUT2D eigenvalue weighted by Crippen LogP contribution is -2.34. The standard InChI is InChI=1S/C24H25NO3S/c1-17(29-22-15-13-21(28-3)14-16-22)24(26)25-23(18-7-5-4-6-8-18)19-9-11-20(27-2)12-10-19/h4-17,23H,1-3H3,(H,25,26). The van der Waals surface area contributed by atoms with Crippen LogP contribution in [0.1, 0.15) is 24.1 Å². The molecular formula is C24H25NO3S. The molecule has 0 spiro atoms. The maximum Gasteiger partial charge on any atom is 0.233 e.